The third kappa shape index (κ3) is 7.12. The van der Waals surface area contributed by atoms with E-state index in [0.717, 1.165) is 19.4 Å². The molecule has 0 spiro atoms. The Morgan fingerprint density at radius 3 is 2.65 bits per heavy atom. The highest BCUT2D eigenvalue weighted by Crippen LogP contribution is 2.13. The molecule has 0 bridgehead atoms. The quantitative estimate of drug-likeness (QED) is 0.749. The minimum atomic E-state index is 0. The van der Waals surface area contributed by atoms with Crippen molar-refractivity contribution in [1.82, 2.24) is 10.6 Å². The van der Waals surface area contributed by atoms with Crippen LogP contribution in [0.3, 0.4) is 0 Å². The van der Waals surface area contributed by atoms with E-state index in [1.54, 1.807) is 24.3 Å². The Balaban J connectivity index is 0.00000264. The fraction of sp³-hybridized carbons (Fsp3) is 0.500. The minimum Gasteiger partial charge on any atom is -0.353 e. The van der Waals surface area contributed by atoms with Crippen LogP contribution in [-0.4, -0.2) is 41.8 Å². The third-order valence-corrected chi connectivity index (χ3v) is 4.81. The van der Waals surface area contributed by atoms with Gasteiger partial charge in [0.2, 0.25) is 5.91 Å². The van der Waals surface area contributed by atoms with E-state index in [0.29, 0.717) is 28.1 Å². The van der Waals surface area contributed by atoms with E-state index in [2.05, 4.69) is 17.6 Å². The topological polar surface area (TPSA) is 58.2 Å². The van der Waals surface area contributed by atoms with Crippen LogP contribution in [0.25, 0.3) is 0 Å². The van der Waals surface area contributed by atoms with Crippen molar-refractivity contribution in [3.63, 3.8) is 0 Å². The fourth-order valence-electron chi connectivity index (χ4n) is 2.49. The summed E-state index contributed by atoms with van der Waals surface area (Å²) >= 11 is 7.14. The molecule has 1 aromatic rings. The molecule has 0 saturated carbocycles. The van der Waals surface area contributed by atoms with Crippen molar-refractivity contribution in [2.75, 3.05) is 18.1 Å². The number of ketones is 1. The van der Waals surface area contributed by atoms with Crippen molar-refractivity contribution in [2.45, 2.75) is 31.8 Å². The van der Waals surface area contributed by atoms with Crippen LogP contribution in [0.1, 0.15) is 30.1 Å². The highest BCUT2D eigenvalue weighted by Gasteiger charge is 2.19. The van der Waals surface area contributed by atoms with Crippen LogP contribution in [0, 0.1) is 0 Å². The summed E-state index contributed by atoms with van der Waals surface area (Å²) in [5.74, 6) is 0.646. The molecule has 2 unspecified atom stereocenters. The Bertz CT molecular complexity index is 525. The number of amides is 1. The van der Waals surface area contributed by atoms with Gasteiger partial charge in [0.1, 0.15) is 0 Å². The largest absolute Gasteiger partial charge is 0.353 e. The van der Waals surface area contributed by atoms with Crippen LogP contribution >= 0.6 is 35.8 Å². The second kappa shape index (κ2) is 10.2. The average molecular weight is 377 g/mol. The standard InChI is InChI=1S/C16H21ClN2O2S.ClH/c1-11-8-14(6-7-18-11)19-16(21)10-22-9-15(20)12-2-4-13(17)5-3-12;/h2-5,11,14,18H,6-10H2,1H3,(H,19,21);1H. The lowest BCUT2D eigenvalue weighted by Gasteiger charge is -2.28. The molecular formula is C16H22Cl2N2O2S. The van der Waals surface area contributed by atoms with Crippen LogP contribution in [0.15, 0.2) is 24.3 Å². The monoisotopic (exact) mass is 376 g/mol. The van der Waals surface area contributed by atoms with Gasteiger partial charge in [-0.05, 0) is 50.6 Å². The highest BCUT2D eigenvalue weighted by atomic mass is 35.5. The molecule has 7 heteroatoms. The number of rotatable bonds is 6. The maximum Gasteiger partial charge on any atom is 0.230 e. The summed E-state index contributed by atoms with van der Waals surface area (Å²) in [4.78, 5) is 23.9. The smallest absolute Gasteiger partial charge is 0.230 e. The Morgan fingerprint density at radius 2 is 2.00 bits per heavy atom. The van der Waals surface area contributed by atoms with E-state index < -0.39 is 0 Å². The number of carbonyl (C=O) groups is 2. The Kier molecular flexibility index (Phi) is 8.99. The van der Waals surface area contributed by atoms with Crippen molar-refractivity contribution < 1.29 is 9.59 Å². The minimum absolute atomic E-state index is 0. The number of benzene rings is 1. The van der Waals surface area contributed by atoms with Gasteiger partial charge in [-0.3, -0.25) is 9.59 Å². The summed E-state index contributed by atoms with van der Waals surface area (Å²) in [6.45, 7) is 3.06. The molecule has 23 heavy (non-hydrogen) atoms. The highest BCUT2D eigenvalue weighted by molar-refractivity contribution is 8.00. The van der Waals surface area contributed by atoms with Gasteiger partial charge < -0.3 is 10.6 Å². The van der Waals surface area contributed by atoms with Crippen molar-refractivity contribution in [3.8, 4) is 0 Å². The molecule has 1 aliphatic rings. The van der Waals surface area contributed by atoms with Gasteiger partial charge in [0.05, 0.1) is 11.5 Å². The van der Waals surface area contributed by atoms with E-state index in [9.17, 15) is 9.59 Å². The molecule has 1 fully saturated rings. The van der Waals surface area contributed by atoms with Gasteiger partial charge >= 0.3 is 0 Å². The molecule has 4 nitrogen and oxygen atoms in total. The number of Topliss-reactive ketones (excluding diaryl/α,β-unsaturated/α-hetero) is 1. The lowest BCUT2D eigenvalue weighted by atomic mass is 10.0. The van der Waals surface area contributed by atoms with Crippen molar-refractivity contribution in [3.05, 3.63) is 34.9 Å². The molecule has 2 N–H and O–H groups in total. The van der Waals surface area contributed by atoms with Crippen molar-refractivity contribution >= 4 is 47.5 Å². The number of hydrogen-bond donors (Lipinski definition) is 2. The second-order valence-corrected chi connectivity index (χ2v) is 6.99. The third-order valence-electron chi connectivity index (χ3n) is 3.62. The van der Waals surface area contributed by atoms with Crippen LogP contribution in [0.5, 0.6) is 0 Å². The lowest BCUT2D eigenvalue weighted by molar-refractivity contribution is -0.119. The summed E-state index contributed by atoms with van der Waals surface area (Å²) < 4.78 is 0. The SMILES string of the molecule is CC1CC(NC(=O)CSCC(=O)c2ccc(Cl)cc2)CCN1.Cl. The van der Waals surface area contributed by atoms with Gasteiger partial charge in [0.25, 0.3) is 0 Å². The van der Waals surface area contributed by atoms with Gasteiger partial charge in [-0.1, -0.05) is 11.6 Å². The fourth-order valence-corrected chi connectivity index (χ4v) is 3.34. The summed E-state index contributed by atoms with van der Waals surface area (Å²) in [5.41, 5.74) is 0.629. The van der Waals surface area contributed by atoms with E-state index in [1.165, 1.54) is 11.8 Å². The van der Waals surface area contributed by atoms with Crippen LogP contribution in [-0.2, 0) is 4.79 Å². The van der Waals surface area contributed by atoms with Crippen molar-refractivity contribution in [1.29, 1.82) is 0 Å². The Hall–Kier alpha value is -0.750. The van der Waals surface area contributed by atoms with Gasteiger partial charge in [0, 0.05) is 22.7 Å². The molecule has 0 aliphatic carbocycles. The maximum absolute atomic E-state index is 12.0. The molecular weight excluding hydrogens is 355 g/mol. The average Bonchev–Trinajstić information content (AvgIpc) is 2.47. The first-order valence-corrected chi connectivity index (χ1v) is 8.97. The molecule has 1 aliphatic heterocycles. The molecule has 2 atom stereocenters. The number of carbonyl (C=O) groups excluding carboxylic acids is 2. The van der Waals surface area contributed by atoms with Gasteiger partial charge in [-0.2, -0.15) is 0 Å². The number of thioether (sulfide) groups is 1. The molecule has 128 valence electrons. The maximum atomic E-state index is 12.0. The van der Waals surface area contributed by atoms with Gasteiger partial charge in [-0.15, -0.1) is 24.2 Å². The molecule has 1 saturated heterocycles. The second-order valence-electron chi connectivity index (χ2n) is 5.57. The van der Waals surface area contributed by atoms with Crippen LogP contribution in [0.4, 0.5) is 0 Å². The molecule has 0 radical (unpaired) electrons. The predicted molar refractivity (Wildman–Crippen MR) is 99.0 cm³/mol. The van der Waals surface area contributed by atoms with Crippen LogP contribution < -0.4 is 10.6 Å². The first kappa shape index (κ1) is 20.3. The van der Waals surface area contributed by atoms with Crippen LogP contribution in [0.2, 0.25) is 5.02 Å². The molecule has 2 rings (SSSR count). The van der Waals surface area contributed by atoms with Crippen molar-refractivity contribution in [2.24, 2.45) is 0 Å². The number of hydrogen-bond acceptors (Lipinski definition) is 4. The van der Waals surface area contributed by atoms with E-state index in [-0.39, 0.29) is 30.1 Å². The Morgan fingerprint density at radius 1 is 1.30 bits per heavy atom. The zero-order valence-corrected chi connectivity index (χ0v) is 15.4. The summed E-state index contributed by atoms with van der Waals surface area (Å²) in [5, 5.41) is 7.01. The number of halogens is 2. The van der Waals surface area contributed by atoms with Gasteiger partial charge in [-0.25, -0.2) is 0 Å². The van der Waals surface area contributed by atoms with Gasteiger partial charge in [0.15, 0.2) is 5.78 Å². The predicted octanol–water partition coefficient (Wildman–Crippen LogP) is 2.93. The molecule has 0 aromatic heterocycles. The van der Waals surface area contributed by atoms with E-state index in [1.807, 2.05) is 0 Å². The normalized spacial score (nSPS) is 20.4. The number of piperidine rings is 1. The zero-order chi connectivity index (χ0) is 15.9. The zero-order valence-electron chi connectivity index (χ0n) is 13.0. The summed E-state index contributed by atoms with van der Waals surface area (Å²) in [6, 6.07) is 7.51. The Labute approximate surface area is 152 Å². The molecule has 1 heterocycles. The molecule has 1 aromatic carbocycles. The summed E-state index contributed by atoms with van der Waals surface area (Å²) in [7, 11) is 0. The first-order chi connectivity index (χ1) is 10.5. The molecule has 1 amide bonds. The van der Waals surface area contributed by atoms with E-state index >= 15 is 0 Å². The lowest BCUT2D eigenvalue weighted by Crippen LogP contribution is -2.47. The van der Waals surface area contributed by atoms with E-state index in [4.69, 9.17) is 11.6 Å². The number of nitrogens with one attached hydrogen (secondary N) is 2. The summed E-state index contributed by atoms with van der Waals surface area (Å²) in [6.07, 6.45) is 1.92. The first-order valence-electron chi connectivity index (χ1n) is 7.44.